The molecule has 0 radical (unpaired) electrons. The molecule has 0 atom stereocenters. The summed E-state index contributed by atoms with van der Waals surface area (Å²) in [5.41, 5.74) is 4.80. The predicted molar refractivity (Wildman–Crippen MR) is 79.0 cm³/mol. The largest absolute Gasteiger partial charge is 0.320 e. The van der Waals surface area contributed by atoms with Gasteiger partial charge in [-0.2, -0.15) is 5.10 Å². The van der Waals surface area contributed by atoms with Gasteiger partial charge in [0.25, 0.3) is 5.91 Å². The number of carbonyl (C=O) groups excluding carboxylic acids is 1. The van der Waals surface area contributed by atoms with E-state index in [4.69, 9.17) is 0 Å². The van der Waals surface area contributed by atoms with Crippen LogP contribution in [0.2, 0.25) is 0 Å². The number of hydrogen-bond acceptors (Lipinski definition) is 2. The minimum atomic E-state index is -0.126. The van der Waals surface area contributed by atoms with Gasteiger partial charge in [-0.3, -0.25) is 9.48 Å². The van der Waals surface area contributed by atoms with E-state index in [-0.39, 0.29) is 5.91 Å². The molecule has 20 heavy (non-hydrogen) atoms. The molecule has 1 aromatic heterocycles. The SMILES string of the molecule is Cc1ccc(NC(=O)c2cc3n(n2)CCCC3)c(C)c1. The van der Waals surface area contributed by atoms with E-state index in [9.17, 15) is 4.79 Å². The summed E-state index contributed by atoms with van der Waals surface area (Å²) in [5.74, 6) is -0.126. The summed E-state index contributed by atoms with van der Waals surface area (Å²) in [4.78, 5) is 12.3. The zero-order valence-corrected chi connectivity index (χ0v) is 11.9. The molecule has 4 nitrogen and oxygen atoms in total. The third-order valence-electron chi connectivity index (χ3n) is 3.78. The minimum absolute atomic E-state index is 0.126. The van der Waals surface area contributed by atoms with Crippen molar-refractivity contribution in [2.24, 2.45) is 0 Å². The van der Waals surface area contributed by atoms with E-state index in [1.54, 1.807) is 0 Å². The predicted octanol–water partition coefficient (Wildman–Crippen LogP) is 3.09. The Morgan fingerprint density at radius 2 is 2.10 bits per heavy atom. The summed E-state index contributed by atoms with van der Waals surface area (Å²) in [7, 11) is 0. The van der Waals surface area contributed by atoms with Crippen molar-refractivity contribution in [1.29, 1.82) is 0 Å². The Balaban J connectivity index is 1.80. The first-order valence-electron chi connectivity index (χ1n) is 7.09. The van der Waals surface area contributed by atoms with Crippen LogP contribution < -0.4 is 5.32 Å². The number of nitrogens with zero attached hydrogens (tertiary/aromatic N) is 2. The number of aromatic nitrogens is 2. The fourth-order valence-electron chi connectivity index (χ4n) is 2.67. The zero-order valence-electron chi connectivity index (χ0n) is 11.9. The summed E-state index contributed by atoms with van der Waals surface area (Å²) in [6, 6.07) is 7.92. The molecule has 0 unspecified atom stereocenters. The highest BCUT2D eigenvalue weighted by atomic mass is 16.1. The van der Waals surface area contributed by atoms with Crippen LogP contribution in [0.5, 0.6) is 0 Å². The number of aryl methyl sites for hydroxylation is 4. The maximum atomic E-state index is 12.3. The first-order chi connectivity index (χ1) is 9.63. The van der Waals surface area contributed by atoms with Crippen molar-refractivity contribution in [2.75, 3.05) is 5.32 Å². The van der Waals surface area contributed by atoms with Gasteiger partial charge in [0.15, 0.2) is 5.69 Å². The lowest BCUT2D eigenvalue weighted by Gasteiger charge is -2.11. The van der Waals surface area contributed by atoms with E-state index in [1.807, 2.05) is 36.7 Å². The molecule has 2 aromatic rings. The van der Waals surface area contributed by atoms with Gasteiger partial charge in [0.05, 0.1) is 0 Å². The number of anilines is 1. The molecule has 3 rings (SSSR count). The highest BCUT2D eigenvalue weighted by Crippen LogP contribution is 2.19. The second-order valence-corrected chi connectivity index (χ2v) is 5.47. The summed E-state index contributed by atoms with van der Waals surface area (Å²) in [6.07, 6.45) is 3.35. The van der Waals surface area contributed by atoms with Crippen LogP contribution >= 0.6 is 0 Å². The van der Waals surface area contributed by atoms with Gasteiger partial charge in [0, 0.05) is 17.9 Å². The van der Waals surface area contributed by atoms with Gasteiger partial charge >= 0.3 is 0 Å². The Bertz CT molecular complexity index is 634. The van der Waals surface area contributed by atoms with E-state index in [1.165, 1.54) is 17.7 Å². The molecule has 1 aliphatic rings. The molecule has 104 valence electrons. The van der Waals surface area contributed by atoms with E-state index in [0.717, 1.165) is 30.6 Å². The van der Waals surface area contributed by atoms with Gasteiger partial charge in [-0.15, -0.1) is 0 Å². The molecule has 1 N–H and O–H groups in total. The first-order valence-corrected chi connectivity index (χ1v) is 7.09. The second kappa shape index (κ2) is 5.12. The molecule has 0 saturated heterocycles. The second-order valence-electron chi connectivity index (χ2n) is 5.47. The third-order valence-corrected chi connectivity index (χ3v) is 3.78. The molecule has 2 heterocycles. The Morgan fingerprint density at radius 1 is 1.25 bits per heavy atom. The molecule has 4 heteroatoms. The van der Waals surface area contributed by atoms with Gasteiger partial charge < -0.3 is 5.32 Å². The Labute approximate surface area is 118 Å². The maximum absolute atomic E-state index is 12.3. The van der Waals surface area contributed by atoms with E-state index in [2.05, 4.69) is 16.5 Å². The van der Waals surface area contributed by atoms with Crippen molar-refractivity contribution >= 4 is 11.6 Å². The first kappa shape index (κ1) is 12.9. The number of fused-ring (bicyclic) bond motifs is 1. The van der Waals surface area contributed by atoms with Crippen molar-refractivity contribution in [3.63, 3.8) is 0 Å². The number of benzene rings is 1. The molecule has 1 aromatic carbocycles. The highest BCUT2D eigenvalue weighted by molar-refractivity contribution is 6.03. The van der Waals surface area contributed by atoms with Crippen molar-refractivity contribution in [3.8, 4) is 0 Å². The zero-order chi connectivity index (χ0) is 14.1. The topological polar surface area (TPSA) is 46.9 Å². The smallest absolute Gasteiger partial charge is 0.276 e. The van der Waals surface area contributed by atoms with Crippen LogP contribution in [-0.2, 0) is 13.0 Å². The standard InChI is InChI=1S/C16H19N3O/c1-11-6-7-14(12(2)9-11)17-16(20)15-10-13-5-3-4-8-19(13)18-15/h6-7,9-10H,3-5,8H2,1-2H3,(H,17,20). The fourth-order valence-corrected chi connectivity index (χ4v) is 2.67. The average molecular weight is 269 g/mol. The summed E-state index contributed by atoms with van der Waals surface area (Å²) >= 11 is 0. The quantitative estimate of drug-likeness (QED) is 0.910. The number of amides is 1. The lowest BCUT2D eigenvalue weighted by molar-refractivity contribution is 0.102. The van der Waals surface area contributed by atoms with E-state index >= 15 is 0 Å². The monoisotopic (exact) mass is 269 g/mol. The third kappa shape index (κ3) is 2.46. The van der Waals surface area contributed by atoms with Gasteiger partial charge in [-0.05, 0) is 50.8 Å². The molecule has 0 saturated carbocycles. The summed E-state index contributed by atoms with van der Waals surface area (Å²) in [6.45, 7) is 4.97. The van der Waals surface area contributed by atoms with Gasteiger partial charge in [0.1, 0.15) is 0 Å². The maximum Gasteiger partial charge on any atom is 0.276 e. The number of hydrogen-bond donors (Lipinski definition) is 1. The van der Waals surface area contributed by atoms with Crippen LogP contribution in [-0.4, -0.2) is 15.7 Å². The van der Waals surface area contributed by atoms with Crippen molar-refractivity contribution in [2.45, 2.75) is 39.7 Å². The average Bonchev–Trinajstić information content (AvgIpc) is 2.86. The minimum Gasteiger partial charge on any atom is -0.320 e. The van der Waals surface area contributed by atoms with Crippen LogP contribution in [0.15, 0.2) is 24.3 Å². The van der Waals surface area contributed by atoms with Gasteiger partial charge in [-0.1, -0.05) is 17.7 Å². The fraction of sp³-hybridized carbons (Fsp3) is 0.375. The molecule has 0 spiro atoms. The number of nitrogens with one attached hydrogen (secondary N) is 1. The lowest BCUT2D eigenvalue weighted by Crippen LogP contribution is -2.15. The van der Waals surface area contributed by atoms with Crippen molar-refractivity contribution in [1.82, 2.24) is 9.78 Å². The summed E-state index contributed by atoms with van der Waals surface area (Å²) < 4.78 is 1.96. The molecular weight excluding hydrogens is 250 g/mol. The Hall–Kier alpha value is -2.10. The molecular formula is C16H19N3O. The van der Waals surface area contributed by atoms with Crippen LogP contribution in [0.1, 0.15) is 40.2 Å². The van der Waals surface area contributed by atoms with E-state index < -0.39 is 0 Å². The van der Waals surface area contributed by atoms with Crippen LogP contribution in [0.4, 0.5) is 5.69 Å². The highest BCUT2D eigenvalue weighted by Gasteiger charge is 2.17. The lowest BCUT2D eigenvalue weighted by atomic mass is 10.1. The van der Waals surface area contributed by atoms with Crippen molar-refractivity contribution in [3.05, 3.63) is 46.8 Å². The molecule has 0 fully saturated rings. The molecule has 0 bridgehead atoms. The van der Waals surface area contributed by atoms with Crippen LogP contribution in [0.3, 0.4) is 0 Å². The van der Waals surface area contributed by atoms with Crippen molar-refractivity contribution < 1.29 is 4.79 Å². The van der Waals surface area contributed by atoms with E-state index in [0.29, 0.717) is 5.69 Å². The molecule has 1 amide bonds. The number of carbonyl (C=O) groups is 1. The van der Waals surface area contributed by atoms with Gasteiger partial charge in [0.2, 0.25) is 0 Å². The summed E-state index contributed by atoms with van der Waals surface area (Å²) in [5, 5.41) is 7.35. The normalized spacial score (nSPS) is 13.9. The van der Waals surface area contributed by atoms with Crippen LogP contribution in [0.25, 0.3) is 0 Å². The Morgan fingerprint density at radius 3 is 2.85 bits per heavy atom. The van der Waals surface area contributed by atoms with Gasteiger partial charge in [-0.25, -0.2) is 0 Å². The molecule has 0 aliphatic carbocycles. The molecule has 1 aliphatic heterocycles. The number of rotatable bonds is 2. The Kier molecular flexibility index (Phi) is 3.30. The van der Waals surface area contributed by atoms with Crippen LogP contribution in [0, 0.1) is 13.8 Å².